The van der Waals surface area contributed by atoms with Crippen LogP contribution in [0.5, 0.6) is 11.5 Å². The lowest BCUT2D eigenvalue weighted by Crippen LogP contribution is -2.55. The maximum Gasteiger partial charge on any atom is 0.254 e. The number of likely N-dealkylation sites (tertiary alicyclic amines) is 2. The van der Waals surface area contributed by atoms with Gasteiger partial charge in [0.05, 0.1) is 0 Å². The van der Waals surface area contributed by atoms with E-state index in [1.807, 2.05) is 96.4 Å². The summed E-state index contributed by atoms with van der Waals surface area (Å²) in [6.45, 7) is 5.85. The summed E-state index contributed by atoms with van der Waals surface area (Å²) in [6, 6.07) is 22.4. The van der Waals surface area contributed by atoms with Crippen LogP contribution in [0.3, 0.4) is 0 Å². The normalized spacial score (nSPS) is 16.1. The first kappa shape index (κ1) is 27.4. The summed E-state index contributed by atoms with van der Waals surface area (Å²) in [4.78, 5) is 42.9. The van der Waals surface area contributed by atoms with Crippen molar-refractivity contribution in [1.82, 2.24) is 9.80 Å². The van der Waals surface area contributed by atoms with Crippen LogP contribution in [0.25, 0.3) is 0 Å². The average Bonchev–Trinajstić information content (AvgIpc) is 3.37. The van der Waals surface area contributed by atoms with Crippen molar-refractivity contribution in [3.8, 4) is 11.5 Å². The van der Waals surface area contributed by atoms with Gasteiger partial charge in [-0.25, -0.2) is 0 Å². The second kappa shape index (κ2) is 11.9. The largest absolute Gasteiger partial charge is 0.457 e. The number of nitrogens with zero attached hydrogens (tertiary/aromatic N) is 2. The number of rotatable bonds is 7. The van der Waals surface area contributed by atoms with Crippen molar-refractivity contribution in [2.24, 2.45) is 0 Å². The smallest absolute Gasteiger partial charge is 0.254 e. The van der Waals surface area contributed by atoms with Gasteiger partial charge in [0.15, 0.2) is 0 Å². The van der Waals surface area contributed by atoms with Crippen molar-refractivity contribution in [3.63, 3.8) is 0 Å². The number of piperidine rings is 1. The number of hydrogen-bond acceptors (Lipinski definition) is 4. The number of carbonyl (C=O) groups excluding carboxylic acids is 3. The highest BCUT2D eigenvalue weighted by Crippen LogP contribution is 2.40. The Labute approximate surface area is 236 Å². The lowest BCUT2D eigenvalue weighted by atomic mass is 9.84. The highest BCUT2D eigenvalue weighted by atomic mass is 16.5. The molecule has 2 saturated heterocycles. The third-order valence-corrected chi connectivity index (χ3v) is 8.13. The Morgan fingerprint density at radius 2 is 1.50 bits per heavy atom. The first-order valence-electron chi connectivity index (χ1n) is 14.2. The number of hydrogen-bond donors (Lipinski definition) is 1. The standard InChI is InChI=1S/C33H37N3O4/c1-3-8-30(37)34-29-16-13-26(23-24(29)2)32(39)36-20-7-17-33(36)18-21-35(22-19-33)31(38)25-11-14-28(15-12-25)40-27-9-5-4-6-10-27/h4-6,9-16,23H,3,7-8,17-22H2,1-2H3,(H,34,37). The van der Waals surface area contributed by atoms with Gasteiger partial charge < -0.3 is 19.9 Å². The van der Waals surface area contributed by atoms with Crippen LogP contribution in [0.1, 0.15) is 71.7 Å². The van der Waals surface area contributed by atoms with Crippen LogP contribution in [0.2, 0.25) is 0 Å². The van der Waals surface area contributed by atoms with E-state index in [1.54, 1.807) is 0 Å². The van der Waals surface area contributed by atoms with Gasteiger partial charge in [0.25, 0.3) is 11.8 Å². The molecule has 3 aromatic rings. The van der Waals surface area contributed by atoms with Gasteiger partial charge in [-0.1, -0.05) is 25.1 Å². The Morgan fingerprint density at radius 3 is 2.17 bits per heavy atom. The minimum absolute atomic E-state index is 0.00770. The zero-order valence-electron chi connectivity index (χ0n) is 23.3. The maximum absolute atomic E-state index is 13.7. The fourth-order valence-corrected chi connectivity index (χ4v) is 5.91. The van der Waals surface area contributed by atoms with Crippen LogP contribution >= 0.6 is 0 Å². The van der Waals surface area contributed by atoms with Crippen LogP contribution in [0.4, 0.5) is 5.69 Å². The number of ether oxygens (including phenoxy) is 1. The molecule has 0 bridgehead atoms. The van der Waals surface area contributed by atoms with Crippen molar-refractivity contribution >= 4 is 23.4 Å². The molecule has 208 valence electrons. The summed E-state index contributed by atoms with van der Waals surface area (Å²) in [5.74, 6) is 1.46. The molecule has 2 fully saturated rings. The molecule has 0 saturated carbocycles. The van der Waals surface area contributed by atoms with E-state index in [0.29, 0.717) is 36.4 Å². The monoisotopic (exact) mass is 539 g/mol. The molecule has 0 aromatic heterocycles. The molecule has 0 aliphatic carbocycles. The van der Waals surface area contributed by atoms with Crippen LogP contribution in [-0.4, -0.2) is 52.7 Å². The average molecular weight is 540 g/mol. The molecule has 0 atom stereocenters. The number of aryl methyl sites for hydroxylation is 1. The lowest BCUT2D eigenvalue weighted by molar-refractivity contribution is -0.116. The molecule has 5 rings (SSSR count). The zero-order chi connectivity index (χ0) is 28.1. The summed E-state index contributed by atoms with van der Waals surface area (Å²) in [5.41, 5.74) is 2.69. The highest BCUT2D eigenvalue weighted by molar-refractivity contribution is 5.97. The van der Waals surface area contributed by atoms with Gasteiger partial charge in [-0.15, -0.1) is 0 Å². The SMILES string of the molecule is CCCC(=O)Nc1ccc(C(=O)N2CCCC23CCN(C(=O)c2ccc(Oc4ccccc4)cc2)CC3)cc1C. The molecule has 2 aliphatic heterocycles. The number of amides is 3. The van der Waals surface area contributed by atoms with Crippen LogP contribution < -0.4 is 10.1 Å². The van der Waals surface area contributed by atoms with Crippen molar-refractivity contribution in [2.45, 2.75) is 57.9 Å². The fourth-order valence-electron chi connectivity index (χ4n) is 5.91. The van der Waals surface area contributed by atoms with Gasteiger partial charge in [-0.3, -0.25) is 14.4 Å². The third kappa shape index (κ3) is 5.88. The Bertz CT molecular complexity index is 1360. The van der Waals surface area contributed by atoms with Gasteiger partial charge >= 0.3 is 0 Å². The molecule has 1 N–H and O–H groups in total. The van der Waals surface area contributed by atoms with Crippen molar-refractivity contribution in [3.05, 3.63) is 89.5 Å². The summed E-state index contributed by atoms with van der Waals surface area (Å²) in [6.07, 6.45) is 4.72. The molecule has 7 heteroatoms. The van der Waals surface area contributed by atoms with E-state index in [0.717, 1.165) is 55.6 Å². The molecule has 2 aliphatic rings. The third-order valence-electron chi connectivity index (χ3n) is 8.13. The van der Waals surface area contributed by atoms with E-state index >= 15 is 0 Å². The zero-order valence-corrected chi connectivity index (χ0v) is 23.3. The number of anilines is 1. The number of para-hydroxylation sites is 1. The first-order chi connectivity index (χ1) is 19.4. The van der Waals surface area contributed by atoms with Gasteiger partial charge in [0.2, 0.25) is 5.91 Å². The molecule has 0 radical (unpaired) electrons. The Morgan fingerprint density at radius 1 is 0.825 bits per heavy atom. The quantitative estimate of drug-likeness (QED) is 0.375. The minimum Gasteiger partial charge on any atom is -0.457 e. The lowest BCUT2D eigenvalue weighted by Gasteiger charge is -2.45. The van der Waals surface area contributed by atoms with Crippen molar-refractivity contribution in [2.75, 3.05) is 25.0 Å². The number of carbonyl (C=O) groups is 3. The van der Waals surface area contributed by atoms with Crippen molar-refractivity contribution < 1.29 is 19.1 Å². The molecule has 3 aromatic carbocycles. The van der Waals surface area contributed by atoms with E-state index < -0.39 is 0 Å². The topological polar surface area (TPSA) is 79.0 Å². The van der Waals surface area contributed by atoms with E-state index in [4.69, 9.17) is 4.74 Å². The highest BCUT2D eigenvalue weighted by Gasteiger charge is 2.46. The first-order valence-corrected chi connectivity index (χ1v) is 14.2. The number of benzene rings is 3. The molecule has 2 heterocycles. The molecule has 0 unspecified atom stereocenters. The Hall–Kier alpha value is -4.13. The summed E-state index contributed by atoms with van der Waals surface area (Å²) in [5, 5.41) is 2.94. The Kier molecular flexibility index (Phi) is 8.19. The van der Waals surface area contributed by atoms with Gasteiger partial charge in [-0.05, 0) is 99.2 Å². The second-order valence-corrected chi connectivity index (χ2v) is 10.8. The maximum atomic E-state index is 13.7. The van der Waals surface area contributed by atoms with Gasteiger partial charge in [0.1, 0.15) is 11.5 Å². The molecule has 1 spiro atoms. The molecule has 3 amide bonds. The van der Waals surface area contributed by atoms with Crippen LogP contribution in [-0.2, 0) is 4.79 Å². The number of nitrogens with one attached hydrogen (secondary N) is 1. The summed E-state index contributed by atoms with van der Waals surface area (Å²) >= 11 is 0. The van der Waals surface area contributed by atoms with E-state index in [-0.39, 0.29) is 23.3 Å². The van der Waals surface area contributed by atoms with Crippen LogP contribution in [0.15, 0.2) is 72.8 Å². The fraction of sp³-hybridized carbons (Fsp3) is 0.364. The van der Waals surface area contributed by atoms with Gasteiger partial charge in [0, 0.05) is 48.4 Å². The van der Waals surface area contributed by atoms with E-state index in [2.05, 4.69) is 5.32 Å². The minimum atomic E-state index is -0.219. The van der Waals surface area contributed by atoms with E-state index in [1.165, 1.54) is 0 Å². The summed E-state index contributed by atoms with van der Waals surface area (Å²) in [7, 11) is 0. The van der Waals surface area contributed by atoms with Crippen molar-refractivity contribution in [1.29, 1.82) is 0 Å². The Balaban J connectivity index is 1.21. The van der Waals surface area contributed by atoms with Gasteiger partial charge in [-0.2, -0.15) is 0 Å². The molecular weight excluding hydrogens is 502 g/mol. The predicted octanol–water partition coefficient (Wildman–Crippen LogP) is 6.44. The van der Waals surface area contributed by atoms with Crippen LogP contribution in [0, 0.1) is 6.92 Å². The second-order valence-electron chi connectivity index (χ2n) is 10.8. The van der Waals surface area contributed by atoms with E-state index in [9.17, 15) is 14.4 Å². The molecular formula is C33H37N3O4. The molecule has 7 nitrogen and oxygen atoms in total. The molecule has 40 heavy (non-hydrogen) atoms. The predicted molar refractivity (Wildman–Crippen MR) is 156 cm³/mol. The summed E-state index contributed by atoms with van der Waals surface area (Å²) < 4.78 is 5.85.